The summed E-state index contributed by atoms with van der Waals surface area (Å²) in [5.74, 6) is 0.0788. The largest absolute Gasteiger partial charge is 0.481 e. The van der Waals surface area contributed by atoms with Crippen molar-refractivity contribution < 1.29 is 14.7 Å². The van der Waals surface area contributed by atoms with Crippen molar-refractivity contribution in [2.75, 3.05) is 13.1 Å². The summed E-state index contributed by atoms with van der Waals surface area (Å²) in [7, 11) is 0. The number of aliphatic carboxylic acids is 1. The predicted octanol–water partition coefficient (Wildman–Crippen LogP) is 1.29. The fourth-order valence-corrected chi connectivity index (χ4v) is 2.50. The first-order chi connectivity index (χ1) is 9.49. The second-order valence-electron chi connectivity index (χ2n) is 5.92. The highest BCUT2D eigenvalue weighted by atomic mass is 16.4. The first kappa shape index (κ1) is 13.0. The molecule has 1 unspecified atom stereocenters. The molecule has 1 N–H and O–H groups in total. The maximum absolute atomic E-state index is 12.4. The van der Waals surface area contributed by atoms with Gasteiger partial charge in [-0.3, -0.25) is 9.59 Å². The van der Waals surface area contributed by atoms with Crippen molar-refractivity contribution in [3.05, 3.63) is 23.8 Å². The minimum absolute atomic E-state index is 0.195. The average molecular weight is 275 g/mol. The van der Waals surface area contributed by atoms with Crippen LogP contribution in [0.2, 0.25) is 0 Å². The smallest absolute Gasteiger partial charge is 0.311 e. The standard InChI is InChI=1S/C14H17N3O3/c1-14(13(19)20)5-7-17(8-14)12(18)10-4-6-15-11(16-10)9-2-3-9/h4,6,9H,2-3,5,7-8H2,1H3,(H,19,20). The minimum Gasteiger partial charge on any atom is -0.481 e. The zero-order valence-corrected chi connectivity index (χ0v) is 11.4. The van der Waals surface area contributed by atoms with E-state index >= 15 is 0 Å². The van der Waals surface area contributed by atoms with Crippen LogP contribution in [0.1, 0.15) is 48.4 Å². The highest BCUT2D eigenvalue weighted by molar-refractivity contribution is 5.93. The van der Waals surface area contributed by atoms with E-state index < -0.39 is 11.4 Å². The molecule has 1 aliphatic carbocycles. The first-order valence-electron chi connectivity index (χ1n) is 6.85. The van der Waals surface area contributed by atoms with Gasteiger partial charge in [-0.1, -0.05) is 0 Å². The highest BCUT2D eigenvalue weighted by Crippen LogP contribution is 2.38. The third kappa shape index (κ3) is 2.26. The van der Waals surface area contributed by atoms with Crippen LogP contribution in [0.15, 0.2) is 12.3 Å². The van der Waals surface area contributed by atoms with Gasteiger partial charge in [0.25, 0.3) is 5.91 Å². The van der Waals surface area contributed by atoms with Gasteiger partial charge in [0, 0.05) is 25.2 Å². The van der Waals surface area contributed by atoms with Crippen LogP contribution < -0.4 is 0 Å². The molecule has 2 fully saturated rings. The number of nitrogens with zero attached hydrogens (tertiary/aromatic N) is 3. The van der Waals surface area contributed by atoms with Gasteiger partial charge in [-0.2, -0.15) is 0 Å². The Morgan fingerprint density at radius 2 is 2.20 bits per heavy atom. The minimum atomic E-state index is -0.853. The molecular weight excluding hydrogens is 258 g/mol. The maximum Gasteiger partial charge on any atom is 0.311 e. The molecule has 1 saturated heterocycles. The zero-order chi connectivity index (χ0) is 14.3. The number of carboxylic acid groups (broad SMARTS) is 1. The molecule has 0 aromatic carbocycles. The average Bonchev–Trinajstić information content (AvgIpc) is 3.21. The molecule has 1 aliphatic heterocycles. The summed E-state index contributed by atoms with van der Waals surface area (Å²) in [6, 6.07) is 1.60. The third-order valence-corrected chi connectivity index (χ3v) is 4.11. The fourth-order valence-electron chi connectivity index (χ4n) is 2.50. The van der Waals surface area contributed by atoms with Crippen molar-refractivity contribution in [2.24, 2.45) is 5.41 Å². The lowest BCUT2D eigenvalue weighted by atomic mass is 9.90. The van der Waals surface area contributed by atoms with E-state index in [4.69, 9.17) is 0 Å². The molecule has 106 valence electrons. The molecule has 1 atom stereocenters. The predicted molar refractivity (Wildman–Crippen MR) is 70.3 cm³/mol. The van der Waals surface area contributed by atoms with Crippen LogP contribution in [0.25, 0.3) is 0 Å². The van der Waals surface area contributed by atoms with Gasteiger partial charge in [0.1, 0.15) is 11.5 Å². The molecule has 1 aromatic rings. The van der Waals surface area contributed by atoms with E-state index in [0.29, 0.717) is 24.6 Å². The summed E-state index contributed by atoms with van der Waals surface area (Å²) in [6.07, 6.45) is 4.26. The van der Waals surface area contributed by atoms with Gasteiger partial charge in [-0.05, 0) is 32.3 Å². The van der Waals surface area contributed by atoms with E-state index in [-0.39, 0.29) is 12.5 Å². The SMILES string of the molecule is CC1(C(=O)O)CCN(C(=O)c2ccnc(C3CC3)n2)C1. The van der Waals surface area contributed by atoms with Gasteiger partial charge in [0.05, 0.1) is 5.41 Å². The summed E-state index contributed by atoms with van der Waals surface area (Å²) < 4.78 is 0. The van der Waals surface area contributed by atoms with Crippen molar-refractivity contribution in [1.29, 1.82) is 0 Å². The summed E-state index contributed by atoms with van der Waals surface area (Å²) in [4.78, 5) is 33.7. The van der Waals surface area contributed by atoms with E-state index in [9.17, 15) is 14.7 Å². The molecule has 3 rings (SSSR count). The van der Waals surface area contributed by atoms with E-state index in [1.165, 1.54) is 0 Å². The van der Waals surface area contributed by atoms with E-state index in [0.717, 1.165) is 18.7 Å². The lowest BCUT2D eigenvalue weighted by Crippen LogP contribution is -2.35. The van der Waals surface area contributed by atoms with Gasteiger partial charge < -0.3 is 10.0 Å². The molecule has 0 radical (unpaired) electrons. The van der Waals surface area contributed by atoms with Crippen LogP contribution >= 0.6 is 0 Å². The Hall–Kier alpha value is -1.98. The summed E-state index contributed by atoms with van der Waals surface area (Å²) in [6.45, 7) is 2.38. The Morgan fingerprint density at radius 1 is 1.45 bits per heavy atom. The normalized spacial score (nSPS) is 25.8. The molecule has 0 spiro atoms. The van der Waals surface area contributed by atoms with Crippen molar-refractivity contribution in [2.45, 2.75) is 32.1 Å². The molecule has 6 nitrogen and oxygen atoms in total. The molecule has 6 heteroatoms. The van der Waals surface area contributed by atoms with E-state index in [1.54, 1.807) is 24.1 Å². The number of carbonyl (C=O) groups is 2. The molecule has 1 aromatic heterocycles. The number of amides is 1. The number of hydrogen-bond donors (Lipinski definition) is 1. The van der Waals surface area contributed by atoms with Crippen LogP contribution in [-0.4, -0.2) is 44.9 Å². The third-order valence-electron chi connectivity index (χ3n) is 4.11. The van der Waals surface area contributed by atoms with Gasteiger partial charge in [-0.15, -0.1) is 0 Å². The number of rotatable bonds is 3. The van der Waals surface area contributed by atoms with E-state index in [1.807, 2.05) is 0 Å². The fraction of sp³-hybridized carbons (Fsp3) is 0.571. The van der Waals surface area contributed by atoms with E-state index in [2.05, 4.69) is 9.97 Å². The Kier molecular flexibility index (Phi) is 2.96. The zero-order valence-electron chi connectivity index (χ0n) is 11.4. The summed E-state index contributed by atoms with van der Waals surface area (Å²) >= 11 is 0. The van der Waals surface area contributed by atoms with Crippen LogP contribution in [0.4, 0.5) is 0 Å². The second-order valence-corrected chi connectivity index (χ2v) is 5.92. The van der Waals surface area contributed by atoms with Gasteiger partial charge in [0.2, 0.25) is 0 Å². The van der Waals surface area contributed by atoms with Crippen LogP contribution in [0.3, 0.4) is 0 Å². The van der Waals surface area contributed by atoms with Crippen molar-refractivity contribution in [3.63, 3.8) is 0 Å². The van der Waals surface area contributed by atoms with Crippen molar-refractivity contribution in [1.82, 2.24) is 14.9 Å². The molecule has 2 aliphatic rings. The van der Waals surface area contributed by atoms with Crippen LogP contribution in [-0.2, 0) is 4.79 Å². The topological polar surface area (TPSA) is 83.4 Å². The summed E-state index contributed by atoms with van der Waals surface area (Å²) in [5.41, 5.74) is -0.473. The van der Waals surface area contributed by atoms with Gasteiger partial charge in [0.15, 0.2) is 0 Å². The Bertz CT molecular complexity index is 571. The van der Waals surface area contributed by atoms with Gasteiger partial charge in [-0.25, -0.2) is 9.97 Å². The number of aromatic nitrogens is 2. The van der Waals surface area contributed by atoms with Crippen molar-refractivity contribution >= 4 is 11.9 Å². The molecular formula is C14H17N3O3. The molecule has 0 bridgehead atoms. The first-order valence-corrected chi connectivity index (χ1v) is 6.85. The number of carboxylic acids is 1. The molecule has 20 heavy (non-hydrogen) atoms. The lowest BCUT2D eigenvalue weighted by Gasteiger charge is -2.19. The summed E-state index contributed by atoms with van der Waals surface area (Å²) in [5, 5.41) is 9.20. The highest BCUT2D eigenvalue weighted by Gasteiger charge is 2.42. The Labute approximate surface area is 116 Å². The quantitative estimate of drug-likeness (QED) is 0.898. The van der Waals surface area contributed by atoms with Crippen LogP contribution in [0.5, 0.6) is 0 Å². The maximum atomic E-state index is 12.4. The van der Waals surface area contributed by atoms with Crippen LogP contribution in [0, 0.1) is 5.41 Å². The van der Waals surface area contributed by atoms with Gasteiger partial charge >= 0.3 is 5.97 Å². The molecule has 1 saturated carbocycles. The second kappa shape index (κ2) is 4.54. The van der Waals surface area contributed by atoms with Crippen molar-refractivity contribution in [3.8, 4) is 0 Å². The Balaban J connectivity index is 1.76. The molecule has 1 amide bonds. The monoisotopic (exact) mass is 275 g/mol. The number of likely N-dealkylation sites (tertiary alicyclic amines) is 1. The molecule has 2 heterocycles. The number of carbonyl (C=O) groups excluding carboxylic acids is 1. The number of hydrogen-bond acceptors (Lipinski definition) is 4. The lowest BCUT2D eigenvalue weighted by molar-refractivity contribution is -0.147. The Morgan fingerprint density at radius 3 is 2.80 bits per heavy atom.